The molecule has 0 bridgehead atoms. The van der Waals surface area contributed by atoms with Gasteiger partial charge < -0.3 is 16.0 Å². The average Bonchev–Trinajstić information content (AvgIpc) is 2.74. The average molecular weight is 505 g/mol. The minimum atomic E-state index is 0. The number of hydrogen-bond acceptors (Lipinski definition) is 3. The van der Waals surface area contributed by atoms with Crippen LogP contribution < -0.4 is 16.0 Å². The maximum Gasteiger partial charge on any atom is 0.193 e. The summed E-state index contributed by atoms with van der Waals surface area (Å²) < 4.78 is 0. The van der Waals surface area contributed by atoms with Crippen LogP contribution in [0.25, 0.3) is 0 Å². The molecule has 1 aromatic heterocycles. The number of nitrogens with one attached hydrogen (secondary N) is 1. The molecular weight excluding hydrogens is 473 g/mol. The fourth-order valence-corrected chi connectivity index (χ4v) is 4.19. The zero-order chi connectivity index (χ0) is 19.3. The molecule has 1 saturated heterocycles. The van der Waals surface area contributed by atoms with Crippen LogP contribution in [-0.2, 0) is 19.4 Å². The number of piperidine rings is 1. The molecule has 4 rings (SSSR count). The molecule has 5 nitrogen and oxygen atoms in total. The second-order valence-electron chi connectivity index (χ2n) is 8.17. The van der Waals surface area contributed by atoms with E-state index in [4.69, 9.17) is 5.73 Å². The quantitative estimate of drug-likeness (QED) is 0.358. The van der Waals surface area contributed by atoms with Crippen molar-refractivity contribution in [3.05, 3.63) is 53.2 Å². The van der Waals surface area contributed by atoms with E-state index in [1.165, 1.54) is 36.8 Å². The van der Waals surface area contributed by atoms with Crippen molar-refractivity contribution in [3.8, 4) is 0 Å². The van der Waals surface area contributed by atoms with Crippen molar-refractivity contribution in [1.82, 2.24) is 4.98 Å². The lowest BCUT2D eigenvalue weighted by Crippen LogP contribution is -2.33. The molecule has 0 unspecified atom stereocenters. The van der Waals surface area contributed by atoms with Gasteiger partial charge >= 0.3 is 0 Å². The number of nitrogens with zero attached hydrogens (tertiary/aromatic N) is 3. The highest BCUT2D eigenvalue weighted by Crippen LogP contribution is 2.27. The van der Waals surface area contributed by atoms with Gasteiger partial charge in [-0.05, 0) is 73.3 Å². The molecule has 0 amide bonds. The Balaban J connectivity index is 0.00000240. The van der Waals surface area contributed by atoms with E-state index in [1.54, 1.807) is 0 Å². The molecule has 1 fully saturated rings. The Kier molecular flexibility index (Phi) is 7.75. The zero-order valence-corrected chi connectivity index (χ0v) is 19.6. The van der Waals surface area contributed by atoms with Crippen LogP contribution in [-0.4, -0.2) is 24.0 Å². The van der Waals surface area contributed by atoms with Crippen LogP contribution in [0.2, 0.25) is 0 Å². The fourth-order valence-electron chi connectivity index (χ4n) is 4.19. The van der Waals surface area contributed by atoms with Gasteiger partial charge in [-0.15, -0.1) is 24.0 Å². The molecule has 2 heterocycles. The lowest BCUT2D eigenvalue weighted by atomic mass is 9.90. The third-order valence-electron chi connectivity index (χ3n) is 6.01. The van der Waals surface area contributed by atoms with E-state index in [1.807, 2.05) is 6.20 Å². The zero-order valence-electron chi connectivity index (χ0n) is 17.2. The first-order valence-electron chi connectivity index (χ1n) is 10.6. The lowest BCUT2D eigenvalue weighted by molar-refractivity contribution is 0.436. The number of hydrogen-bond donors (Lipinski definition) is 2. The van der Waals surface area contributed by atoms with Crippen LogP contribution in [0.3, 0.4) is 0 Å². The van der Waals surface area contributed by atoms with Gasteiger partial charge in [0.2, 0.25) is 0 Å². The van der Waals surface area contributed by atoms with Gasteiger partial charge in [0.25, 0.3) is 0 Å². The summed E-state index contributed by atoms with van der Waals surface area (Å²) in [6.07, 6.45) is 9.23. The number of pyridine rings is 1. The molecule has 0 saturated carbocycles. The summed E-state index contributed by atoms with van der Waals surface area (Å²) in [5.41, 5.74) is 11.2. The van der Waals surface area contributed by atoms with Crippen LogP contribution in [0.4, 0.5) is 11.5 Å². The van der Waals surface area contributed by atoms with Gasteiger partial charge in [-0.3, -0.25) is 0 Å². The van der Waals surface area contributed by atoms with Crippen LogP contribution in [0.5, 0.6) is 0 Å². The van der Waals surface area contributed by atoms with Gasteiger partial charge in [0.1, 0.15) is 5.82 Å². The topological polar surface area (TPSA) is 66.5 Å². The minimum Gasteiger partial charge on any atom is -0.370 e. The summed E-state index contributed by atoms with van der Waals surface area (Å²) in [5, 5.41) is 3.31. The van der Waals surface area contributed by atoms with Gasteiger partial charge in [0.05, 0.1) is 6.54 Å². The van der Waals surface area contributed by atoms with Crippen LogP contribution in [0.1, 0.15) is 49.3 Å². The number of rotatable bonds is 4. The van der Waals surface area contributed by atoms with E-state index in [0.29, 0.717) is 12.5 Å². The van der Waals surface area contributed by atoms with Gasteiger partial charge in [-0.2, -0.15) is 0 Å². The van der Waals surface area contributed by atoms with Gasteiger partial charge in [0, 0.05) is 25.0 Å². The summed E-state index contributed by atoms with van der Waals surface area (Å²) in [5.74, 6) is 2.37. The molecule has 2 aliphatic rings. The summed E-state index contributed by atoms with van der Waals surface area (Å²) in [7, 11) is 0. The van der Waals surface area contributed by atoms with E-state index >= 15 is 0 Å². The number of fused-ring (bicyclic) bond motifs is 1. The Morgan fingerprint density at radius 2 is 1.97 bits per heavy atom. The first-order chi connectivity index (χ1) is 13.7. The van der Waals surface area contributed by atoms with Crippen molar-refractivity contribution in [2.24, 2.45) is 16.6 Å². The molecule has 0 radical (unpaired) electrons. The SMILES string of the molecule is CC1CCN(c2ccc(CN=C(N)Nc3cccc4c3CCCC4)cn2)CC1.I. The molecule has 2 aromatic rings. The Bertz CT molecular complexity index is 826. The van der Waals surface area contributed by atoms with Crippen molar-refractivity contribution < 1.29 is 0 Å². The molecule has 1 aliphatic carbocycles. The number of aliphatic imine (C=N–C) groups is 1. The molecule has 0 atom stereocenters. The van der Waals surface area contributed by atoms with Crippen molar-refractivity contribution in [3.63, 3.8) is 0 Å². The third-order valence-corrected chi connectivity index (χ3v) is 6.01. The number of aromatic nitrogens is 1. The fraction of sp³-hybridized carbons (Fsp3) is 0.478. The number of nitrogens with two attached hydrogens (primary N) is 1. The molecule has 29 heavy (non-hydrogen) atoms. The maximum absolute atomic E-state index is 6.16. The van der Waals surface area contributed by atoms with Gasteiger partial charge in [-0.25, -0.2) is 9.98 Å². The number of benzene rings is 1. The van der Waals surface area contributed by atoms with Crippen LogP contribution in [0, 0.1) is 5.92 Å². The van der Waals surface area contributed by atoms with E-state index < -0.39 is 0 Å². The van der Waals surface area contributed by atoms with Crippen molar-refractivity contribution >= 4 is 41.4 Å². The van der Waals surface area contributed by atoms with Crippen molar-refractivity contribution in [2.75, 3.05) is 23.3 Å². The van der Waals surface area contributed by atoms with Gasteiger partial charge in [-0.1, -0.05) is 25.1 Å². The molecule has 1 aromatic carbocycles. The summed E-state index contributed by atoms with van der Waals surface area (Å²) >= 11 is 0. The van der Waals surface area contributed by atoms with Crippen LogP contribution in [0.15, 0.2) is 41.5 Å². The monoisotopic (exact) mass is 505 g/mol. The number of anilines is 2. The Labute approximate surface area is 191 Å². The molecule has 3 N–H and O–H groups in total. The van der Waals surface area contributed by atoms with E-state index in [9.17, 15) is 0 Å². The number of halogens is 1. The second-order valence-corrected chi connectivity index (χ2v) is 8.17. The summed E-state index contributed by atoms with van der Waals surface area (Å²) in [4.78, 5) is 11.5. The normalized spacial score (nSPS) is 17.4. The number of aryl methyl sites for hydroxylation is 1. The second kappa shape index (κ2) is 10.3. The molecule has 156 valence electrons. The molecular formula is C23H32IN5. The first kappa shape index (κ1) is 21.9. The van der Waals surface area contributed by atoms with Crippen molar-refractivity contribution in [2.45, 2.75) is 52.0 Å². The van der Waals surface area contributed by atoms with E-state index in [-0.39, 0.29) is 24.0 Å². The number of guanidine groups is 1. The largest absolute Gasteiger partial charge is 0.370 e. The molecule has 1 aliphatic heterocycles. The summed E-state index contributed by atoms with van der Waals surface area (Å²) in [6, 6.07) is 10.6. The van der Waals surface area contributed by atoms with E-state index in [2.05, 4.69) is 57.4 Å². The Hall–Kier alpha value is -1.83. The van der Waals surface area contributed by atoms with E-state index in [0.717, 1.165) is 48.9 Å². The third kappa shape index (κ3) is 5.62. The maximum atomic E-state index is 6.16. The summed E-state index contributed by atoms with van der Waals surface area (Å²) in [6.45, 7) is 5.07. The highest BCUT2D eigenvalue weighted by atomic mass is 127. The van der Waals surface area contributed by atoms with Gasteiger partial charge in [0.15, 0.2) is 5.96 Å². The highest BCUT2D eigenvalue weighted by Gasteiger charge is 2.16. The standard InChI is InChI=1S/C23H31N5.HI/c1-17-11-13-28(14-12-17)22-10-9-18(15-25-22)16-26-23(24)27-21-8-4-6-19-5-2-3-7-20(19)21;/h4,6,8-10,15,17H,2-3,5,7,11-14,16H2,1H3,(H3,24,26,27);1H. The highest BCUT2D eigenvalue weighted by molar-refractivity contribution is 14.0. The lowest BCUT2D eigenvalue weighted by Gasteiger charge is -2.31. The first-order valence-corrected chi connectivity index (χ1v) is 10.6. The predicted molar refractivity (Wildman–Crippen MR) is 132 cm³/mol. The molecule has 0 spiro atoms. The predicted octanol–water partition coefficient (Wildman–Crippen LogP) is 4.74. The Morgan fingerprint density at radius 1 is 1.17 bits per heavy atom. The van der Waals surface area contributed by atoms with Crippen molar-refractivity contribution in [1.29, 1.82) is 0 Å². The minimum absolute atomic E-state index is 0. The smallest absolute Gasteiger partial charge is 0.193 e. The molecule has 6 heteroatoms. The Morgan fingerprint density at radius 3 is 2.72 bits per heavy atom. The van der Waals surface area contributed by atoms with Crippen LogP contribution >= 0.6 is 24.0 Å².